The highest BCUT2D eigenvalue weighted by molar-refractivity contribution is 5.88. The second-order valence-corrected chi connectivity index (χ2v) is 5.67. The third-order valence-electron chi connectivity index (χ3n) is 3.65. The zero-order valence-electron chi connectivity index (χ0n) is 13.9. The summed E-state index contributed by atoms with van der Waals surface area (Å²) >= 11 is 0. The molecule has 1 amide bonds. The smallest absolute Gasteiger partial charge is 0.230 e. The molecule has 7 nitrogen and oxygen atoms in total. The summed E-state index contributed by atoms with van der Waals surface area (Å²) in [5, 5.41) is 5.82. The third kappa shape index (κ3) is 3.36. The minimum Gasteiger partial charge on any atom is -0.436 e. The maximum atomic E-state index is 11.0. The van der Waals surface area contributed by atoms with E-state index in [2.05, 4.69) is 25.6 Å². The third-order valence-corrected chi connectivity index (χ3v) is 3.65. The number of nitrogens with one attached hydrogen (secondary N) is 2. The second-order valence-electron chi connectivity index (χ2n) is 5.67. The maximum Gasteiger partial charge on any atom is 0.230 e. The van der Waals surface area contributed by atoms with Gasteiger partial charge in [-0.05, 0) is 36.4 Å². The quantitative estimate of drug-likeness (QED) is 0.581. The molecule has 0 aliphatic rings. The van der Waals surface area contributed by atoms with E-state index in [0.717, 1.165) is 22.5 Å². The lowest BCUT2D eigenvalue weighted by Crippen LogP contribution is -2.05. The Morgan fingerprint density at radius 3 is 2.35 bits per heavy atom. The Hall–Kier alpha value is -3.74. The van der Waals surface area contributed by atoms with Crippen LogP contribution >= 0.6 is 0 Å². The molecule has 2 aromatic carbocycles. The predicted molar refractivity (Wildman–Crippen MR) is 99.1 cm³/mol. The van der Waals surface area contributed by atoms with E-state index in [1.807, 2.05) is 36.4 Å². The van der Waals surface area contributed by atoms with Crippen molar-refractivity contribution in [1.82, 2.24) is 15.0 Å². The number of para-hydroxylation sites is 2. The molecule has 2 heterocycles. The Balaban J connectivity index is 1.49. The molecule has 2 N–H and O–H groups in total. The van der Waals surface area contributed by atoms with E-state index >= 15 is 0 Å². The summed E-state index contributed by atoms with van der Waals surface area (Å²) in [6.07, 6.45) is 3.32. The summed E-state index contributed by atoms with van der Waals surface area (Å²) in [5.41, 5.74) is 3.77. The summed E-state index contributed by atoms with van der Waals surface area (Å²) in [5.74, 6) is 0.832. The molecule has 0 saturated carbocycles. The van der Waals surface area contributed by atoms with Gasteiger partial charge in [0.15, 0.2) is 5.58 Å². The lowest BCUT2D eigenvalue weighted by Gasteiger charge is -2.06. The number of amides is 1. The van der Waals surface area contributed by atoms with Crippen molar-refractivity contribution in [1.29, 1.82) is 0 Å². The van der Waals surface area contributed by atoms with Crippen molar-refractivity contribution in [3.8, 4) is 11.5 Å². The van der Waals surface area contributed by atoms with Crippen molar-refractivity contribution < 1.29 is 9.21 Å². The first-order valence-electron chi connectivity index (χ1n) is 8.00. The molecule has 26 heavy (non-hydrogen) atoms. The van der Waals surface area contributed by atoms with Crippen molar-refractivity contribution in [2.24, 2.45) is 0 Å². The van der Waals surface area contributed by atoms with E-state index in [0.29, 0.717) is 17.4 Å². The number of carbonyl (C=O) groups excluding carboxylic acids is 1. The fourth-order valence-electron chi connectivity index (χ4n) is 2.47. The van der Waals surface area contributed by atoms with Crippen LogP contribution in [0.2, 0.25) is 0 Å². The Morgan fingerprint density at radius 2 is 1.65 bits per heavy atom. The Morgan fingerprint density at radius 1 is 0.962 bits per heavy atom. The molecule has 7 heteroatoms. The van der Waals surface area contributed by atoms with Gasteiger partial charge < -0.3 is 15.1 Å². The molecule has 0 spiro atoms. The Labute approximate surface area is 149 Å². The van der Waals surface area contributed by atoms with E-state index in [-0.39, 0.29) is 5.91 Å². The second kappa shape index (κ2) is 6.64. The number of fused-ring (bicyclic) bond motifs is 1. The zero-order valence-corrected chi connectivity index (χ0v) is 13.9. The van der Waals surface area contributed by atoms with Gasteiger partial charge in [-0.1, -0.05) is 12.1 Å². The molecule has 2 aromatic heterocycles. The summed E-state index contributed by atoms with van der Waals surface area (Å²) in [7, 11) is 0. The van der Waals surface area contributed by atoms with Gasteiger partial charge in [-0.3, -0.25) is 4.79 Å². The van der Waals surface area contributed by atoms with Crippen LogP contribution < -0.4 is 10.6 Å². The summed E-state index contributed by atoms with van der Waals surface area (Å²) in [6, 6.07) is 14.9. The maximum absolute atomic E-state index is 11.0. The first-order valence-corrected chi connectivity index (χ1v) is 8.00. The zero-order chi connectivity index (χ0) is 17.9. The molecule has 0 radical (unpaired) electrons. The Kier molecular flexibility index (Phi) is 4.03. The molecular formula is C19H15N5O2. The molecule has 0 fully saturated rings. The van der Waals surface area contributed by atoms with Crippen molar-refractivity contribution in [3.63, 3.8) is 0 Å². The van der Waals surface area contributed by atoms with Crippen LogP contribution in [0, 0.1) is 0 Å². The van der Waals surface area contributed by atoms with Crippen LogP contribution in [0.15, 0.2) is 65.3 Å². The van der Waals surface area contributed by atoms with Crippen LogP contribution in [-0.4, -0.2) is 20.9 Å². The molecule has 0 aliphatic heterocycles. The van der Waals surface area contributed by atoms with Crippen molar-refractivity contribution in [2.45, 2.75) is 6.92 Å². The average molecular weight is 345 g/mol. The number of carbonyl (C=O) groups is 1. The van der Waals surface area contributed by atoms with Gasteiger partial charge in [0.05, 0.1) is 5.56 Å². The van der Waals surface area contributed by atoms with Gasteiger partial charge in [-0.2, -0.15) is 0 Å². The van der Waals surface area contributed by atoms with Gasteiger partial charge in [0.1, 0.15) is 5.52 Å². The van der Waals surface area contributed by atoms with E-state index in [1.165, 1.54) is 6.92 Å². The number of anilines is 3. The van der Waals surface area contributed by atoms with Crippen LogP contribution in [-0.2, 0) is 4.79 Å². The van der Waals surface area contributed by atoms with Crippen molar-refractivity contribution in [3.05, 3.63) is 60.9 Å². The molecule has 0 aliphatic carbocycles. The number of aromatic nitrogens is 3. The van der Waals surface area contributed by atoms with Crippen molar-refractivity contribution in [2.75, 3.05) is 10.6 Å². The summed E-state index contributed by atoms with van der Waals surface area (Å²) in [6.45, 7) is 1.47. The minimum atomic E-state index is -0.108. The SMILES string of the molecule is CC(=O)Nc1ccc(Nc2ncc(-c3nc4ccccc4o3)cn2)cc1. The highest BCUT2D eigenvalue weighted by Gasteiger charge is 2.09. The molecule has 128 valence electrons. The fourth-order valence-corrected chi connectivity index (χ4v) is 2.47. The minimum absolute atomic E-state index is 0.108. The number of rotatable bonds is 4. The van der Waals surface area contributed by atoms with Crippen LogP contribution in [0.1, 0.15) is 6.92 Å². The van der Waals surface area contributed by atoms with E-state index < -0.39 is 0 Å². The molecule has 0 bridgehead atoms. The van der Waals surface area contributed by atoms with Crippen LogP contribution in [0.5, 0.6) is 0 Å². The normalized spacial score (nSPS) is 10.7. The first kappa shape index (κ1) is 15.8. The van der Waals surface area contributed by atoms with Gasteiger partial charge in [0.25, 0.3) is 0 Å². The van der Waals surface area contributed by atoms with E-state index in [9.17, 15) is 4.79 Å². The fraction of sp³-hybridized carbons (Fsp3) is 0.0526. The highest BCUT2D eigenvalue weighted by atomic mass is 16.3. The number of nitrogens with zero attached hydrogens (tertiary/aromatic N) is 3. The predicted octanol–water partition coefficient (Wildman–Crippen LogP) is 3.99. The molecule has 4 aromatic rings. The average Bonchev–Trinajstić information content (AvgIpc) is 3.08. The highest BCUT2D eigenvalue weighted by Crippen LogP contribution is 2.24. The molecule has 0 saturated heterocycles. The van der Waals surface area contributed by atoms with Gasteiger partial charge >= 0.3 is 0 Å². The largest absolute Gasteiger partial charge is 0.436 e. The molecular weight excluding hydrogens is 330 g/mol. The standard InChI is InChI=1S/C19H15N5O2/c1-12(25)22-14-6-8-15(9-7-14)23-19-20-10-13(11-21-19)18-24-16-4-2-3-5-17(16)26-18/h2-11H,1H3,(H,22,25)(H,20,21,23). The van der Waals surface area contributed by atoms with E-state index in [4.69, 9.17) is 4.42 Å². The van der Waals surface area contributed by atoms with Crippen LogP contribution in [0.3, 0.4) is 0 Å². The lowest BCUT2D eigenvalue weighted by molar-refractivity contribution is -0.114. The van der Waals surface area contributed by atoms with Crippen LogP contribution in [0.4, 0.5) is 17.3 Å². The number of hydrogen-bond donors (Lipinski definition) is 2. The van der Waals surface area contributed by atoms with Crippen molar-refractivity contribution >= 4 is 34.3 Å². The number of hydrogen-bond acceptors (Lipinski definition) is 6. The van der Waals surface area contributed by atoms with Gasteiger partial charge in [-0.25, -0.2) is 15.0 Å². The summed E-state index contributed by atoms with van der Waals surface area (Å²) < 4.78 is 5.71. The molecule has 0 atom stereocenters. The van der Waals surface area contributed by atoms with Crippen LogP contribution in [0.25, 0.3) is 22.6 Å². The first-order chi connectivity index (χ1) is 12.7. The monoisotopic (exact) mass is 345 g/mol. The van der Waals surface area contributed by atoms with Gasteiger partial charge in [0, 0.05) is 30.7 Å². The number of benzene rings is 2. The Bertz CT molecular complexity index is 1020. The topological polar surface area (TPSA) is 92.9 Å². The molecule has 0 unspecified atom stereocenters. The number of oxazole rings is 1. The van der Waals surface area contributed by atoms with Gasteiger partial charge in [-0.15, -0.1) is 0 Å². The molecule has 4 rings (SSSR count). The van der Waals surface area contributed by atoms with Gasteiger partial charge in [0.2, 0.25) is 17.7 Å². The summed E-state index contributed by atoms with van der Waals surface area (Å²) in [4.78, 5) is 24.1. The lowest BCUT2D eigenvalue weighted by atomic mass is 10.3. The van der Waals surface area contributed by atoms with E-state index in [1.54, 1.807) is 24.5 Å².